The molecule has 1 fully saturated rings. The Morgan fingerprint density at radius 3 is 2.64 bits per heavy atom. The van der Waals surface area contributed by atoms with Crippen molar-refractivity contribution in [3.63, 3.8) is 0 Å². The van der Waals surface area contributed by atoms with Crippen LogP contribution < -0.4 is 15.0 Å². The van der Waals surface area contributed by atoms with Crippen LogP contribution in [-0.2, 0) is 0 Å². The summed E-state index contributed by atoms with van der Waals surface area (Å²) in [5.74, 6) is -1.82. The number of nitrogens with zero attached hydrogens (tertiary/aromatic N) is 2. The van der Waals surface area contributed by atoms with Gasteiger partial charge >= 0.3 is 6.09 Å². The van der Waals surface area contributed by atoms with E-state index in [0.29, 0.717) is 18.9 Å². The van der Waals surface area contributed by atoms with Crippen LogP contribution >= 0.6 is 0 Å². The summed E-state index contributed by atoms with van der Waals surface area (Å²) in [5, 5.41) is 12.6. The molecule has 1 aliphatic rings. The maximum Gasteiger partial charge on any atom is 0.421 e. The molecule has 25 heavy (non-hydrogen) atoms. The molecule has 0 unspecified atom stereocenters. The number of rotatable bonds is 3. The van der Waals surface area contributed by atoms with Crippen molar-refractivity contribution in [2.45, 2.75) is 18.9 Å². The van der Waals surface area contributed by atoms with Crippen LogP contribution in [-0.4, -0.2) is 35.3 Å². The molecule has 0 spiro atoms. The van der Waals surface area contributed by atoms with Gasteiger partial charge in [0.05, 0.1) is 6.20 Å². The highest BCUT2D eigenvalue weighted by Crippen LogP contribution is 2.25. The van der Waals surface area contributed by atoms with Crippen molar-refractivity contribution in [2.24, 2.45) is 0 Å². The monoisotopic (exact) mass is 349 g/mol. The Labute approximate surface area is 143 Å². The Balaban J connectivity index is 1.87. The average molecular weight is 349 g/mol. The molecule has 1 saturated heterocycles. The summed E-state index contributed by atoms with van der Waals surface area (Å²) in [6.07, 6.45) is 1.75. The molecule has 0 atom stereocenters. The zero-order valence-electron chi connectivity index (χ0n) is 13.3. The number of piperidine rings is 1. The van der Waals surface area contributed by atoms with Crippen LogP contribution in [0.2, 0.25) is 0 Å². The van der Waals surface area contributed by atoms with Gasteiger partial charge in [0.1, 0.15) is 17.4 Å². The molecule has 132 valence electrons. The highest BCUT2D eigenvalue weighted by Gasteiger charge is 2.30. The van der Waals surface area contributed by atoms with Crippen molar-refractivity contribution in [3.05, 3.63) is 48.2 Å². The number of hydrogen-bond acceptors (Lipinski definition) is 5. The summed E-state index contributed by atoms with van der Waals surface area (Å²) in [5.41, 5.74) is 0. The van der Waals surface area contributed by atoms with Crippen LogP contribution in [0.5, 0.6) is 11.5 Å². The molecule has 2 N–H and O–H groups in total. The number of anilines is 1. The molecule has 0 saturated carbocycles. The van der Waals surface area contributed by atoms with E-state index in [1.807, 2.05) is 0 Å². The molecule has 1 aromatic heterocycles. The van der Waals surface area contributed by atoms with Gasteiger partial charge in [0.15, 0.2) is 11.6 Å². The Hall–Kier alpha value is -2.74. The summed E-state index contributed by atoms with van der Waals surface area (Å²) in [7, 11) is 0. The van der Waals surface area contributed by atoms with E-state index in [4.69, 9.17) is 4.74 Å². The van der Waals surface area contributed by atoms with E-state index < -0.39 is 17.7 Å². The van der Waals surface area contributed by atoms with Gasteiger partial charge in [0, 0.05) is 12.1 Å². The smallest absolute Gasteiger partial charge is 0.421 e. The maximum absolute atomic E-state index is 13.8. The fourth-order valence-corrected chi connectivity index (χ4v) is 2.72. The van der Waals surface area contributed by atoms with Crippen molar-refractivity contribution in [2.75, 3.05) is 18.0 Å². The first-order valence-electron chi connectivity index (χ1n) is 7.86. The molecule has 1 aliphatic heterocycles. The highest BCUT2D eigenvalue weighted by atomic mass is 19.1. The fraction of sp³-hybridized carbons (Fsp3) is 0.294. The zero-order chi connectivity index (χ0) is 17.8. The minimum Gasteiger partial charge on any atom is -0.506 e. The number of benzene rings is 1. The number of aromatic nitrogens is 1. The summed E-state index contributed by atoms with van der Waals surface area (Å²) in [6.45, 7) is 1.44. The molecule has 3 rings (SSSR count). The minimum absolute atomic E-state index is 0.0352. The van der Waals surface area contributed by atoms with Gasteiger partial charge in [-0.25, -0.2) is 18.6 Å². The van der Waals surface area contributed by atoms with Gasteiger partial charge in [0.2, 0.25) is 0 Å². The van der Waals surface area contributed by atoms with E-state index in [1.165, 1.54) is 23.2 Å². The highest BCUT2D eigenvalue weighted by molar-refractivity contribution is 5.88. The van der Waals surface area contributed by atoms with Crippen molar-refractivity contribution in [1.29, 1.82) is 0 Å². The van der Waals surface area contributed by atoms with Gasteiger partial charge in [-0.3, -0.25) is 4.90 Å². The van der Waals surface area contributed by atoms with Crippen LogP contribution in [0, 0.1) is 11.6 Å². The molecule has 8 heteroatoms. The summed E-state index contributed by atoms with van der Waals surface area (Å²) in [6, 6.07) is 5.43. The van der Waals surface area contributed by atoms with E-state index in [9.17, 15) is 18.7 Å². The van der Waals surface area contributed by atoms with E-state index in [-0.39, 0.29) is 23.4 Å². The van der Waals surface area contributed by atoms with E-state index in [2.05, 4.69) is 10.3 Å². The number of halogens is 2. The molecule has 2 heterocycles. The van der Waals surface area contributed by atoms with E-state index in [1.54, 1.807) is 0 Å². The second-order valence-corrected chi connectivity index (χ2v) is 5.67. The third-order valence-corrected chi connectivity index (χ3v) is 3.94. The lowest BCUT2D eigenvalue weighted by Gasteiger charge is -2.33. The van der Waals surface area contributed by atoms with Crippen molar-refractivity contribution >= 4 is 11.9 Å². The molecule has 0 aliphatic carbocycles. The fourth-order valence-electron chi connectivity index (χ4n) is 2.72. The van der Waals surface area contributed by atoms with Gasteiger partial charge in [-0.05, 0) is 50.2 Å². The third kappa shape index (κ3) is 4.03. The van der Waals surface area contributed by atoms with Crippen molar-refractivity contribution in [3.8, 4) is 11.5 Å². The molecule has 2 aromatic rings. The third-order valence-electron chi connectivity index (χ3n) is 3.94. The van der Waals surface area contributed by atoms with Crippen molar-refractivity contribution < 1.29 is 23.4 Å². The number of amides is 1. The predicted octanol–water partition coefficient (Wildman–Crippen LogP) is 2.82. The van der Waals surface area contributed by atoms with Crippen LogP contribution in [0.25, 0.3) is 0 Å². The number of carbonyl (C=O) groups excluding carboxylic acids is 1. The zero-order valence-corrected chi connectivity index (χ0v) is 13.3. The van der Waals surface area contributed by atoms with Gasteiger partial charge < -0.3 is 15.2 Å². The summed E-state index contributed by atoms with van der Waals surface area (Å²) in [4.78, 5) is 18.0. The molecular weight excluding hydrogens is 332 g/mol. The number of pyridine rings is 1. The lowest BCUT2D eigenvalue weighted by Crippen LogP contribution is -2.48. The summed E-state index contributed by atoms with van der Waals surface area (Å²) < 4.78 is 31.9. The van der Waals surface area contributed by atoms with E-state index in [0.717, 1.165) is 25.2 Å². The molecule has 0 radical (unpaired) electrons. The number of nitrogens with one attached hydrogen (secondary N) is 1. The molecule has 1 aromatic carbocycles. The van der Waals surface area contributed by atoms with Gasteiger partial charge in [-0.2, -0.15) is 0 Å². The second-order valence-electron chi connectivity index (χ2n) is 5.67. The van der Waals surface area contributed by atoms with Crippen LogP contribution in [0.1, 0.15) is 12.8 Å². The molecule has 6 nitrogen and oxygen atoms in total. The normalized spacial score (nSPS) is 15.0. The summed E-state index contributed by atoms with van der Waals surface area (Å²) >= 11 is 0. The van der Waals surface area contributed by atoms with Crippen LogP contribution in [0.4, 0.5) is 19.4 Å². The first-order valence-corrected chi connectivity index (χ1v) is 7.86. The van der Waals surface area contributed by atoms with Crippen LogP contribution in [0.3, 0.4) is 0 Å². The SMILES string of the molecule is O=C(Oc1ccc(F)cc1F)N(c1ccc(O)cn1)C1CCNCC1. The Morgan fingerprint density at radius 1 is 1.24 bits per heavy atom. The lowest BCUT2D eigenvalue weighted by molar-refractivity contribution is 0.200. The quantitative estimate of drug-likeness (QED) is 0.891. The molecule has 1 amide bonds. The lowest BCUT2D eigenvalue weighted by atomic mass is 10.1. The minimum atomic E-state index is -0.961. The van der Waals surface area contributed by atoms with Gasteiger partial charge in [-0.1, -0.05) is 0 Å². The first-order chi connectivity index (χ1) is 12.0. The maximum atomic E-state index is 13.8. The number of ether oxygens (including phenoxy) is 1. The van der Waals surface area contributed by atoms with Crippen molar-refractivity contribution in [1.82, 2.24) is 10.3 Å². The van der Waals surface area contributed by atoms with E-state index >= 15 is 0 Å². The number of carbonyl (C=O) groups is 1. The van der Waals surface area contributed by atoms with Crippen LogP contribution in [0.15, 0.2) is 36.5 Å². The topological polar surface area (TPSA) is 74.7 Å². The molecule has 0 bridgehead atoms. The van der Waals surface area contributed by atoms with Gasteiger partial charge in [-0.15, -0.1) is 0 Å². The first kappa shape index (κ1) is 17.1. The molecular formula is C17H17F2N3O3. The largest absolute Gasteiger partial charge is 0.506 e. The Bertz CT molecular complexity index is 749. The standard InChI is InChI=1S/C17H17F2N3O3/c18-11-1-3-15(14(19)9-11)25-17(24)22(12-5-7-20-8-6-12)16-4-2-13(23)10-21-16/h1-4,9-10,12,20,23H,5-8H2. The predicted molar refractivity (Wildman–Crippen MR) is 86.7 cm³/mol. The average Bonchev–Trinajstić information content (AvgIpc) is 2.60. The van der Waals surface area contributed by atoms with Gasteiger partial charge in [0.25, 0.3) is 0 Å². The Kier molecular flexibility index (Phi) is 5.08. The Morgan fingerprint density at radius 2 is 2.00 bits per heavy atom. The second kappa shape index (κ2) is 7.43. The number of hydrogen-bond donors (Lipinski definition) is 2. The number of aromatic hydroxyl groups is 1.